The van der Waals surface area contributed by atoms with Crippen molar-refractivity contribution < 1.29 is 4.79 Å². The second kappa shape index (κ2) is 5.27. The molecule has 0 bridgehead atoms. The minimum Gasteiger partial charge on any atom is -0.398 e. The largest absolute Gasteiger partial charge is 0.398 e. The van der Waals surface area contributed by atoms with E-state index < -0.39 is 0 Å². The number of rotatable bonds is 3. The van der Waals surface area contributed by atoms with Gasteiger partial charge in [0.25, 0.3) is 0 Å². The number of hydrogen-bond acceptors (Lipinski definition) is 4. The Morgan fingerprint density at radius 2 is 2.17 bits per heavy atom. The van der Waals surface area contributed by atoms with Crippen molar-refractivity contribution in [2.24, 2.45) is 0 Å². The van der Waals surface area contributed by atoms with Crippen LogP contribution in [0.1, 0.15) is 12.5 Å². The smallest absolute Gasteiger partial charge is 0.217 e. The summed E-state index contributed by atoms with van der Waals surface area (Å²) in [5.74, 6) is -0.0645. The van der Waals surface area contributed by atoms with Gasteiger partial charge < -0.3 is 11.1 Å². The van der Waals surface area contributed by atoms with E-state index in [0.29, 0.717) is 12.2 Å². The summed E-state index contributed by atoms with van der Waals surface area (Å²) in [6.45, 7) is 1.94. The lowest BCUT2D eigenvalue weighted by atomic mass is 10.1. The molecule has 1 aromatic carbocycles. The molecule has 0 fully saturated rings. The maximum atomic E-state index is 10.7. The van der Waals surface area contributed by atoms with Crippen LogP contribution >= 0.6 is 0 Å². The van der Waals surface area contributed by atoms with Crippen molar-refractivity contribution in [1.82, 2.24) is 15.3 Å². The lowest BCUT2D eigenvalue weighted by Gasteiger charge is -2.04. The molecule has 0 radical (unpaired) electrons. The van der Waals surface area contributed by atoms with Crippen LogP contribution in [0.3, 0.4) is 0 Å². The van der Waals surface area contributed by atoms with Gasteiger partial charge in [0.15, 0.2) is 0 Å². The first-order valence-electron chi connectivity index (χ1n) is 5.58. The van der Waals surface area contributed by atoms with Gasteiger partial charge in [0.2, 0.25) is 5.91 Å². The number of anilines is 1. The normalized spacial score (nSPS) is 10.9. The van der Waals surface area contributed by atoms with Crippen LogP contribution in [-0.2, 0) is 4.79 Å². The predicted molar refractivity (Wildman–Crippen MR) is 71.7 cm³/mol. The van der Waals surface area contributed by atoms with E-state index in [1.54, 1.807) is 18.5 Å². The fraction of sp³-hybridized carbons (Fsp3) is 0.154. The summed E-state index contributed by atoms with van der Waals surface area (Å²) >= 11 is 0. The van der Waals surface area contributed by atoms with Crippen LogP contribution < -0.4 is 11.1 Å². The van der Waals surface area contributed by atoms with Crippen LogP contribution in [0.15, 0.2) is 30.6 Å². The van der Waals surface area contributed by atoms with Gasteiger partial charge in [-0.2, -0.15) is 0 Å². The Balaban J connectivity index is 2.31. The minimum atomic E-state index is -0.0645. The van der Waals surface area contributed by atoms with Gasteiger partial charge in [-0.1, -0.05) is 12.2 Å². The highest BCUT2D eigenvalue weighted by atomic mass is 16.1. The topological polar surface area (TPSA) is 80.9 Å². The van der Waals surface area contributed by atoms with Gasteiger partial charge in [0.05, 0.1) is 11.0 Å². The minimum absolute atomic E-state index is 0.0645. The zero-order valence-electron chi connectivity index (χ0n) is 10.1. The molecule has 0 saturated carbocycles. The maximum absolute atomic E-state index is 10.7. The van der Waals surface area contributed by atoms with Gasteiger partial charge >= 0.3 is 0 Å². The van der Waals surface area contributed by atoms with Crippen molar-refractivity contribution in [3.05, 3.63) is 36.2 Å². The fourth-order valence-corrected chi connectivity index (χ4v) is 1.63. The number of benzene rings is 1. The lowest BCUT2D eigenvalue weighted by Crippen LogP contribution is -2.19. The van der Waals surface area contributed by atoms with Crippen molar-refractivity contribution in [1.29, 1.82) is 0 Å². The number of carbonyl (C=O) groups excluding carboxylic acids is 1. The molecule has 1 heterocycles. The number of nitrogens with zero attached hydrogens (tertiary/aromatic N) is 2. The van der Waals surface area contributed by atoms with Crippen molar-refractivity contribution in [2.45, 2.75) is 6.92 Å². The van der Waals surface area contributed by atoms with E-state index in [-0.39, 0.29) is 5.91 Å². The Morgan fingerprint density at radius 1 is 1.39 bits per heavy atom. The molecule has 1 amide bonds. The summed E-state index contributed by atoms with van der Waals surface area (Å²) in [4.78, 5) is 19.2. The van der Waals surface area contributed by atoms with Gasteiger partial charge in [-0.05, 0) is 12.1 Å². The van der Waals surface area contributed by atoms with Crippen molar-refractivity contribution in [3.8, 4) is 0 Å². The molecule has 92 valence electrons. The first kappa shape index (κ1) is 12.0. The Labute approximate surface area is 105 Å². The van der Waals surface area contributed by atoms with E-state index in [4.69, 9.17) is 5.73 Å². The zero-order chi connectivity index (χ0) is 13.0. The van der Waals surface area contributed by atoms with Crippen molar-refractivity contribution >= 4 is 28.7 Å². The van der Waals surface area contributed by atoms with E-state index in [2.05, 4.69) is 15.3 Å². The highest BCUT2D eigenvalue weighted by Crippen LogP contribution is 2.21. The van der Waals surface area contributed by atoms with Gasteiger partial charge in [0, 0.05) is 37.1 Å². The molecule has 0 aliphatic heterocycles. The third kappa shape index (κ3) is 2.63. The first-order chi connectivity index (χ1) is 8.68. The Bertz CT molecular complexity index is 607. The predicted octanol–water partition coefficient (Wildman–Crippen LogP) is 1.36. The average molecular weight is 242 g/mol. The van der Waals surface area contributed by atoms with Gasteiger partial charge in [-0.3, -0.25) is 14.8 Å². The number of aromatic nitrogens is 2. The zero-order valence-corrected chi connectivity index (χ0v) is 10.1. The number of fused-ring (bicyclic) bond motifs is 1. The standard InChI is InChI=1S/C13H14N4O/c1-9(18)15-6-2-3-10-11(14)4-5-12-13(10)17-8-7-16-12/h2-5,7-8H,6,14H2,1H3,(H,15,18). The van der Waals surface area contributed by atoms with Crippen LogP contribution in [0.25, 0.3) is 17.1 Å². The second-order valence-corrected chi connectivity index (χ2v) is 3.83. The first-order valence-corrected chi connectivity index (χ1v) is 5.58. The van der Waals surface area contributed by atoms with Crippen LogP contribution in [0.5, 0.6) is 0 Å². The molecule has 2 aromatic rings. The molecule has 18 heavy (non-hydrogen) atoms. The molecule has 0 aliphatic rings. The summed E-state index contributed by atoms with van der Waals surface area (Å²) in [5.41, 5.74) is 8.95. The number of carbonyl (C=O) groups is 1. The van der Waals surface area contributed by atoms with Gasteiger partial charge in [0.1, 0.15) is 0 Å². The van der Waals surface area contributed by atoms with Crippen LogP contribution in [-0.4, -0.2) is 22.4 Å². The number of hydrogen-bond donors (Lipinski definition) is 2. The Kier molecular flexibility index (Phi) is 3.52. The van der Waals surface area contributed by atoms with Crippen LogP contribution in [0.4, 0.5) is 5.69 Å². The van der Waals surface area contributed by atoms with Crippen molar-refractivity contribution in [3.63, 3.8) is 0 Å². The lowest BCUT2D eigenvalue weighted by molar-refractivity contribution is -0.118. The molecular formula is C13H14N4O. The molecule has 5 heteroatoms. The fourth-order valence-electron chi connectivity index (χ4n) is 1.63. The monoisotopic (exact) mass is 242 g/mol. The quantitative estimate of drug-likeness (QED) is 0.796. The average Bonchev–Trinajstić information content (AvgIpc) is 2.36. The summed E-state index contributed by atoms with van der Waals surface area (Å²) in [5, 5.41) is 2.68. The number of nitrogen functional groups attached to an aromatic ring is 1. The molecule has 0 saturated heterocycles. The number of nitrogens with two attached hydrogens (primary N) is 1. The molecule has 0 spiro atoms. The number of amides is 1. The molecule has 0 atom stereocenters. The SMILES string of the molecule is CC(=O)NCC=Cc1c(N)ccc2nccnc12. The summed E-state index contributed by atoms with van der Waals surface area (Å²) in [7, 11) is 0. The second-order valence-electron chi connectivity index (χ2n) is 3.83. The van der Waals surface area contributed by atoms with Gasteiger partial charge in [-0.15, -0.1) is 0 Å². The van der Waals surface area contributed by atoms with Crippen LogP contribution in [0, 0.1) is 0 Å². The van der Waals surface area contributed by atoms with E-state index in [9.17, 15) is 4.79 Å². The molecule has 3 N–H and O–H groups in total. The van der Waals surface area contributed by atoms with Gasteiger partial charge in [-0.25, -0.2) is 0 Å². The summed E-state index contributed by atoms with van der Waals surface area (Å²) < 4.78 is 0. The Morgan fingerprint density at radius 3 is 2.94 bits per heavy atom. The van der Waals surface area contributed by atoms with E-state index in [1.165, 1.54) is 6.92 Å². The molecule has 0 aliphatic carbocycles. The highest BCUT2D eigenvalue weighted by Gasteiger charge is 2.03. The van der Waals surface area contributed by atoms with Crippen molar-refractivity contribution in [2.75, 3.05) is 12.3 Å². The van der Waals surface area contributed by atoms with E-state index in [0.717, 1.165) is 16.6 Å². The molecule has 0 unspecified atom stereocenters. The summed E-state index contributed by atoms with van der Waals surface area (Å²) in [6, 6.07) is 3.64. The van der Waals surface area contributed by atoms with Crippen LogP contribution in [0.2, 0.25) is 0 Å². The maximum Gasteiger partial charge on any atom is 0.217 e. The summed E-state index contributed by atoms with van der Waals surface area (Å²) in [6.07, 6.45) is 6.96. The molecule has 5 nitrogen and oxygen atoms in total. The molecular weight excluding hydrogens is 228 g/mol. The Hall–Kier alpha value is -2.43. The van der Waals surface area contributed by atoms with E-state index in [1.807, 2.05) is 18.2 Å². The molecule has 1 aromatic heterocycles. The molecule has 2 rings (SSSR count). The number of nitrogens with one attached hydrogen (secondary N) is 1. The van der Waals surface area contributed by atoms with E-state index >= 15 is 0 Å². The third-order valence-corrected chi connectivity index (χ3v) is 2.47. The third-order valence-electron chi connectivity index (χ3n) is 2.47. The highest BCUT2D eigenvalue weighted by molar-refractivity contribution is 5.90.